The molecule has 1 aromatic heterocycles. The molecule has 0 saturated heterocycles. The number of nitrogens with zero attached hydrogens (tertiary/aromatic N) is 1. The monoisotopic (exact) mass is 275 g/mol. The van der Waals surface area contributed by atoms with Gasteiger partial charge in [-0.05, 0) is 12.0 Å². The van der Waals surface area contributed by atoms with Crippen molar-refractivity contribution in [2.45, 2.75) is 25.4 Å². The normalized spacial score (nSPS) is 13.8. The number of amides is 1. The molecule has 0 fully saturated rings. The molecule has 0 aliphatic rings. The van der Waals surface area contributed by atoms with Crippen molar-refractivity contribution in [3.05, 3.63) is 52.5 Å². The van der Waals surface area contributed by atoms with Gasteiger partial charge in [-0.2, -0.15) is 0 Å². The quantitative estimate of drug-likeness (QED) is 0.880. The van der Waals surface area contributed by atoms with Crippen LogP contribution in [0.15, 0.2) is 41.9 Å². The predicted molar refractivity (Wildman–Crippen MR) is 76.7 cm³/mol. The first-order valence-electron chi connectivity index (χ1n) is 6.22. The molecule has 1 heterocycles. The summed E-state index contributed by atoms with van der Waals surface area (Å²) in [4.78, 5) is 16.4. The smallest absolute Gasteiger partial charge is 0.242 e. The van der Waals surface area contributed by atoms with Gasteiger partial charge in [-0.25, -0.2) is 4.98 Å². The van der Waals surface area contributed by atoms with E-state index in [0.29, 0.717) is 0 Å². The van der Waals surface area contributed by atoms with Crippen molar-refractivity contribution in [3.8, 4) is 0 Å². The lowest BCUT2D eigenvalue weighted by Crippen LogP contribution is -2.36. The van der Waals surface area contributed by atoms with Gasteiger partial charge in [-0.3, -0.25) is 4.79 Å². The van der Waals surface area contributed by atoms with E-state index in [2.05, 4.69) is 10.3 Å². The number of nitrogens with one attached hydrogen (secondary N) is 1. The second-order valence-corrected chi connectivity index (χ2v) is 5.15. The molecule has 0 aliphatic heterocycles. The summed E-state index contributed by atoms with van der Waals surface area (Å²) >= 11 is 1.54. The Labute approximate surface area is 116 Å². The number of hydrogen-bond acceptors (Lipinski definition) is 4. The van der Waals surface area contributed by atoms with Crippen LogP contribution in [0.1, 0.15) is 36.0 Å². The molecule has 3 N–H and O–H groups in total. The number of carbonyl (C=O) groups is 1. The average Bonchev–Trinajstić information content (AvgIpc) is 2.98. The molecule has 0 bridgehead atoms. The van der Waals surface area contributed by atoms with Crippen molar-refractivity contribution in [2.24, 2.45) is 5.73 Å². The van der Waals surface area contributed by atoms with Crippen LogP contribution in [0.25, 0.3) is 0 Å². The highest BCUT2D eigenvalue weighted by atomic mass is 32.1. The van der Waals surface area contributed by atoms with Crippen LogP contribution in [0.4, 0.5) is 0 Å². The molecule has 0 radical (unpaired) electrons. The molecule has 0 aliphatic carbocycles. The summed E-state index contributed by atoms with van der Waals surface area (Å²) in [6.07, 6.45) is 2.53. The molecular formula is C14H17N3OS. The molecule has 2 atom stereocenters. The lowest BCUT2D eigenvalue weighted by molar-refractivity contribution is -0.123. The van der Waals surface area contributed by atoms with E-state index in [4.69, 9.17) is 5.73 Å². The minimum atomic E-state index is -0.643. The van der Waals surface area contributed by atoms with Gasteiger partial charge < -0.3 is 11.1 Å². The van der Waals surface area contributed by atoms with Crippen LogP contribution in [-0.2, 0) is 4.79 Å². The number of benzene rings is 1. The van der Waals surface area contributed by atoms with E-state index in [-0.39, 0.29) is 11.9 Å². The third kappa shape index (κ3) is 3.39. The van der Waals surface area contributed by atoms with Crippen LogP contribution >= 0.6 is 11.3 Å². The number of rotatable bonds is 5. The zero-order chi connectivity index (χ0) is 13.7. The van der Waals surface area contributed by atoms with Gasteiger partial charge in [0.25, 0.3) is 0 Å². The maximum atomic E-state index is 12.1. The highest BCUT2D eigenvalue weighted by Gasteiger charge is 2.20. The summed E-state index contributed by atoms with van der Waals surface area (Å²) in [7, 11) is 0. The fraction of sp³-hybridized carbons (Fsp3) is 0.286. The van der Waals surface area contributed by atoms with Gasteiger partial charge in [0.05, 0.1) is 6.04 Å². The Morgan fingerprint density at radius 1 is 1.42 bits per heavy atom. The summed E-state index contributed by atoms with van der Waals surface area (Å²) in [5.41, 5.74) is 6.78. The molecule has 1 aromatic carbocycles. The average molecular weight is 275 g/mol. The van der Waals surface area contributed by atoms with Crippen molar-refractivity contribution in [1.29, 1.82) is 0 Å². The number of nitrogens with two attached hydrogens (primary N) is 1. The lowest BCUT2D eigenvalue weighted by atomic mass is 10.1. The summed E-state index contributed by atoms with van der Waals surface area (Å²) in [6, 6.07) is 8.65. The van der Waals surface area contributed by atoms with Crippen molar-refractivity contribution < 1.29 is 4.79 Å². The molecule has 1 unspecified atom stereocenters. The molecule has 19 heavy (non-hydrogen) atoms. The molecule has 0 spiro atoms. The largest absolute Gasteiger partial charge is 0.345 e. The van der Waals surface area contributed by atoms with E-state index >= 15 is 0 Å². The van der Waals surface area contributed by atoms with Gasteiger partial charge in [-0.1, -0.05) is 37.3 Å². The van der Waals surface area contributed by atoms with Crippen LogP contribution in [-0.4, -0.2) is 10.9 Å². The molecule has 5 heteroatoms. The van der Waals surface area contributed by atoms with Crippen LogP contribution in [0.2, 0.25) is 0 Å². The van der Waals surface area contributed by atoms with Crippen molar-refractivity contribution in [1.82, 2.24) is 10.3 Å². The SMILES string of the molecule is CCC(NC(=O)[C@H](N)c1ccccc1)c1nccs1. The van der Waals surface area contributed by atoms with E-state index in [9.17, 15) is 4.79 Å². The van der Waals surface area contributed by atoms with E-state index in [0.717, 1.165) is 17.0 Å². The summed E-state index contributed by atoms with van der Waals surface area (Å²) in [5, 5.41) is 5.77. The first kappa shape index (κ1) is 13.7. The minimum absolute atomic E-state index is 0.0673. The van der Waals surface area contributed by atoms with Gasteiger partial charge >= 0.3 is 0 Å². The molecule has 1 amide bonds. The zero-order valence-electron chi connectivity index (χ0n) is 10.7. The fourth-order valence-corrected chi connectivity index (χ4v) is 2.59. The van der Waals surface area contributed by atoms with Gasteiger partial charge in [0.2, 0.25) is 5.91 Å². The molecular weight excluding hydrogens is 258 g/mol. The van der Waals surface area contributed by atoms with Crippen LogP contribution in [0.5, 0.6) is 0 Å². The first-order valence-corrected chi connectivity index (χ1v) is 7.10. The molecule has 4 nitrogen and oxygen atoms in total. The standard InChI is InChI=1S/C14H17N3OS/c1-2-11(14-16-8-9-19-14)17-13(18)12(15)10-6-4-3-5-7-10/h3-9,11-12H,2,15H2,1H3,(H,17,18)/t11?,12-/m1/s1. The Hall–Kier alpha value is -1.72. The van der Waals surface area contributed by atoms with Crippen LogP contribution < -0.4 is 11.1 Å². The fourth-order valence-electron chi connectivity index (χ4n) is 1.82. The minimum Gasteiger partial charge on any atom is -0.345 e. The number of thiazole rings is 1. The van der Waals surface area contributed by atoms with Crippen LogP contribution in [0, 0.1) is 0 Å². The Bertz CT molecular complexity index is 513. The second kappa shape index (κ2) is 6.45. The van der Waals surface area contributed by atoms with E-state index in [1.54, 1.807) is 6.20 Å². The van der Waals surface area contributed by atoms with Gasteiger partial charge in [0.15, 0.2) is 0 Å². The summed E-state index contributed by atoms with van der Waals surface area (Å²) < 4.78 is 0. The van der Waals surface area contributed by atoms with Gasteiger partial charge in [0.1, 0.15) is 11.0 Å². The highest BCUT2D eigenvalue weighted by Crippen LogP contribution is 2.20. The summed E-state index contributed by atoms with van der Waals surface area (Å²) in [6.45, 7) is 2.01. The first-order chi connectivity index (χ1) is 9.22. The Balaban J connectivity index is 2.04. The lowest BCUT2D eigenvalue weighted by Gasteiger charge is -2.18. The van der Waals surface area contributed by atoms with Crippen LogP contribution in [0.3, 0.4) is 0 Å². The highest BCUT2D eigenvalue weighted by molar-refractivity contribution is 7.09. The number of hydrogen-bond donors (Lipinski definition) is 2. The molecule has 2 aromatic rings. The predicted octanol–water partition coefficient (Wildman–Crippen LogP) is 2.41. The Morgan fingerprint density at radius 2 is 2.16 bits per heavy atom. The van der Waals surface area contributed by atoms with Crippen molar-refractivity contribution >= 4 is 17.2 Å². The van der Waals surface area contributed by atoms with Crippen molar-refractivity contribution in [2.75, 3.05) is 0 Å². The molecule has 2 rings (SSSR count). The van der Waals surface area contributed by atoms with E-state index in [1.165, 1.54) is 11.3 Å². The van der Waals surface area contributed by atoms with Crippen molar-refractivity contribution in [3.63, 3.8) is 0 Å². The maximum Gasteiger partial charge on any atom is 0.242 e. The maximum absolute atomic E-state index is 12.1. The number of carbonyl (C=O) groups excluding carboxylic acids is 1. The molecule has 100 valence electrons. The zero-order valence-corrected chi connectivity index (χ0v) is 11.6. The second-order valence-electron chi connectivity index (χ2n) is 4.23. The third-order valence-corrected chi connectivity index (χ3v) is 3.80. The molecule has 0 saturated carbocycles. The van der Waals surface area contributed by atoms with E-state index in [1.807, 2.05) is 42.6 Å². The van der Waals surface area contributed by atoms with Gasteiger partial charge in [-0.15, -0.1) is 11.3 Å². The third-order valence-electron chi connectivity index (χ3n) is 2.92. The topological polar surface area (TPSA) is 68.0 Å². The summed E-state index contributed by atoms with van der Waals surface area (Å²) in [5.74, 6) is -0.173. The number of aromatic nitrogens is 1. The van der Waals surface area contributed by atoms with E-state index < -0.39 is 6.04 Å². The van der Waals surface area contributed by atoms with Gasteiger partial charge in [0, 0.05) is 11.6 Å². The Morgan fingerprint density at radius 3 is 2.74 bits per heavy atom. The Kier molecular flexibility index (Phi) is 4.65.